The third kappa shape index (κ3) is 6.26. The van der Waals surface area contributed by atoms with Crippen LogP contribution in [-0.4, -0.2) is 34.6 Å². The van der Waals surface area contributed by atoms with Gasteiger partial charge in [0, 0.05) is 23.7 Å². The van der Waals surface area contributed by atoms with Gasteiger partial charge < -0.3 is 21.1 Å². The summed E-state index contributed by atoms with van der Waals surface area (Å²) in [6, 6.07) is 4.39. The standard InChI is InChI=1S/C17H22ClN3O4/c1-17(2,8-7-14(22)23)21-16(25)20-11-5-6-13(18)12(9-11)15(24)19-10-3-4-10/h5-6,9-10H,3-4,7-8H2,1-2H3,(H,19,24)(H,22,23)(H2,20,21,25). The summed E-state index contributed by atoms with van der Waals surface area (Å²) in [6.45, 7) is 3.48. The third-order valence-corrected chi connectivity index (χ3v) is 4.13. The summed E-state index contributed by atoms with van der Waals surface area (Å²) in [5.74, 6) is -1.18. The van der Waals surface area contributed by atoms with Crippen molar-refractivity contribution in [1.29, 1.82) is 0 Å². The largest absolute Gasteiger partial charge is 0.481 e. The highest BCUT2D eigenvalue weighted by atomic mass is 35.5. The number of hydrogen-bond donors (Lipinski definition) is 4. The van der Waals surface area contributed by atoms with Crippen LogP contribution in [0.5, 0.6) is 0 Å². The van der Waals surface area contributed by atoms with Gasteiger partial charge in [0.05, 0.1) is 10.6 Å². The molecule has 8 heteroatoms. The molecule has 1 aliphatic carbocycles. The monoisotopic (exact) mass is 367 g/mol. The molecule has 4 N–H and O–H groups in total. The Bertz CT molecular complexity index is 686. The molecule has 1 aliphatic rings. The molecule has 136 valence electrons. The maximum Gasteiger partial charge on any atom is 0.319 e. The summed E-state index contributed by atoms with van der Waals surface area (Å²) < 4.78 is 0. The van der Waals surface area contributed by atoms with Crippen LogP contribution in [0, 0.1) is 0 Å². The zero-order chi connectivity index (χ0) is 18.6. The third-order valence-electron chi connectivity index (χ3n) is 3.80. The molecule has 0 spiro atoms. The predicted octanol–water partition coefficient (Wildman–Crippen LogP) is 3.00. The topological polar surface area (TPSA) is 108 Å². The quantitative estimate of drug-likeness (QED) is 0.594. The van der Waals surface area contributed by atoms with Crippen molar-refractivity contribution in [3.8, 4) is 0 Å². The molecule has 2 rings (SSSR count). The molecule has 0 atom stereocenters. The molecular weight excluding hydrogens is 346 g/mol. The fraction of sp³-hybridized carbons (Fsp3) is 0.471. The number of urea groups is 1. The van der Waals surface area contributed by atoms with E-state index in [-0.39, 0.29) is 18.4 Å². The predicted molar refractivity (Wildman–Crippen MR) is 95.0 cm³/mol. The number of carbonyl (C=O) groups excluding carboxylic acids is 2. The Morgan fingerprint density at radius 2 is 1.96 bits per heavy atom. The average molecular weight is 368 g/mol. The lowest BCUT2D eigenvalue weighted by atomic mass is 9.99. The average Bonchev–Trinajstić information content (AvgIpc) is 3.30. The zero-order valence-electron chi connectivity index (χ0n) is 14.2. The summed E-state index contributed by atoms with van der Waals surface area (Å²) in [5, 5.41) is 17.3. The number of hydrogen-bond acceptors (Lipinski definition) is 3. The maximum atomic E-state index is 12.2. The first-order valence-corrected chi connectivity index (χ1v) is 8.45. The van der Waals surface area contributed by atoms with Crippen LogP contribution in [0.1, 0.15) is 49.9 Å². The normalized spacial score (nSPS) is 13.9. The summed E-state index contributed by atoms with van der Waals surface area (Å²) in [4.78, 5) is 34.9. The van der Waals surface area contributed by atoms with Crippen molar-refractivity contribution in [2.24, 2.45) is 0 Å². The van der Waals surface area contributed by atoms with Crippen LogP contribution in [-0.2, 0) is 4.79 Å². The van der Waals surface area contributed by atoms with Gasteiger partial charge in [-0.15, -0.1) is 0 Å². The van der Waals surface area contributed by atoms with Crippen molar-refractivity contribution < 1.29 is 19.5 Å². The molecule has 0 unspecified atom stereocenters. The van der Waals surface area contributed by atoms with Gasteiger partial charge in [-0.3, -0.25) is 9.59 Å². The number of rotatable bonds is 7. The highest BCUT2D eigenvalue weighted by Crippen LogP contribution is 2.24. The summed E-state index contributed by atoms with van der Waals surface area (Å²) >= 11 is 6.06. The van der Waals surface area contributed by atoms with Gasteiger partial charge in [0.2, 0.25) is 0 Å². The molecule has 0 heterocycles. The highest BCUT2D eigenvalue weighted by Gasteiger charge is 2.25. The summed E-state index contributed by atoms with van der Waals surface area (Å²) in [6.07, 6.45) is 2.19. The minimum absolute atomic E-state index is 0.0420. The first kappa shape index (κ1) is 19.1. The minimum Gasteiger partial charge on any atom is -0.481 e. The van der Waals surface area contributed by atoms with Crippen molar-refractivity contribution in [3.63, 3.8) is 0 Å². The first-order chi connectivity index (χ1) is 11.7. The Morgan fingerprint density at radius 1 is 1.28 bits per heavy atom. The molecule has 1 aromatic rings. The van der Waals surface area contributed by atoms with Gasteiger partial charge in [-0.2, -0.15) is 0 Å². The van der Waals surface area contributed by atoms with Crippen molar-refractivity contribution in [1.82, 2.24) is 10.6 Å². The molecule has 0 saturated heterocycles. The van der Waals surface area contributed by atoms with E-state index in [0.29, 0.717) is 22.7 Å². The van der Waals surface area contributed by atoms with Gasteiger partial charge in [0.25, 0.3) is 5.91 Å². The van der Waals surface area contributed by atoms with Gasteiger partial charge in [-0.05, 0) is 51.3 Å². The second kappa shape index (κ2) is 7.74. The lowest BCUT2D eigenvalue weighted by Gasteiger charge is -2.25. The van der Waals surface area contributed by atoms with Gasteiger partial charge in [-0.1, -0.05) is 11.6 Å². The van der Waals surface area contributed by atoms with E-state index in [2.05, 4.69) is 16.0 Å². The van der Waals surface area contributed by atoms with E-state index in [1.54, 1.807) is 26.0 Å². The van der Waals surface area contributed by atoms with Crippen LogP contribution in [0.2, 0.25) is 5.02 Å². The molecule has 0 bridgehead atoms. The molecule has 1 saturated carbocycles. The molecule has 1 fully saturated rings. The lowest BCUT2D eigenvalue weighted by Crippen LogP contribution is -2.45. The van der Waals surface area contributed by atoms with Crippen LogP contribution < -0.4 is 16.0 Å². The van der Waals surface area contributed by atoms with Crippen LogP contribution in [0.15, 0.2) is 18.2 Å². The number of amides is 3. The molecule has 0 aliphatic heterocycles. The van der Waals surface area contributed by atoms with Crippen molar-refractivity contribution in [2.75, 3.05) is 5.32 Å². The van der Waals surface area contributed by atoms with Crippen LogP contribution >= 0.6 is 11.6 Å². The SMILES string of the molecule is CC(C)(CCC(=O)O)NC(=O)Nc1ccc(Cl)c(C(=O)NC2CC2)c1. The Labute approximate surface area is 151 Å². The second-order valence-corrected chi connectivity index (χ2v) is 7.21. The van der Waals surface area contributed by atoms with E-state index in [1.165, 1.54) is 6.07 Å². The zero-order valence-corrected chi connectivity index (χ0v) is 14.9. The number of nitrogens with one attached hydrogen (secondary N) is 3. The van der Waals surface area contributed by atoms with E-state index in [4.69, 9.17) is 16.7 Å². The van der Waals surface area contributed by atoms with Crippen LogP contribution in [0.3, 0.4) is 0 Å². The van der Waals surface area contributed by atoms with E-state index in [9.17, 15) is 14.4 Å². The Balaban J connectivity index is 1.98. The number of aliphatic carboxylic acids is 1. The van der Waals surface area contributed by atoms with Gasteiger partial charge >= 0.3 is 12.0 Å². The molecule has 1 aromatic carbocycles. The number of benzene rings is 1. The molecule has 7 nitrogen and oxygen atoms in total. The number of halogens is 1. The number of carboxylic acid groups (broad SMARTS) is 1. The highest BCUT2D eigenvalue weighted by molar-refractivity contribution is 6.34. The van der Waals surface area contributed by atoms with E-state index >= 15 is 0 Å². The Kier molecular flexibility index (Phi) is 5.89. The van der Waals surface area contributed by atoms with Crippen molar-refractivity contribution in [2.45, 2.75) is 51.1 Å². The molecule has 3 amide bonds. The Morgan fingerprint density at radius 3 is 2.56 bits per heavy atom. The van der Waals surface area contributed by atoms with E-state index in [0.717, 1.165) is 12.8 Å². The molecular formula is C17H22ClN3O4. The summed E-state index contributed by atoms with van der Waals surface area (Å²) in [7, 11) is 0. The molecule has 0 radical (unpaired) electrons. The minimum atomic E-state index is -0.917. The smallest absolute Gasteiger partial charge is 0.319 e. The lowest BCUT2D eigenvalue weighted by molar-refractivity contribution is -0.137. The van der Waals surface area contributed by atoms with Crippen LogP contribution in [0.4, 0.5) is 10.5 Å². The Hall–Kier alpha value is -2.28. The second-order valence-electron chi connectivity index (χ2n) is 6.80. The van der Waals surface area contributed by atoms with E-state index in [1.807, 2.05) is 0 Å². The van der Waals surface area contributed by atoms with Gasteiger partial charge in [0.1, 0.15) is 0 Å². The molecule has 25 heavy (non-hydrogen) atoms. The maximum absolute atomic E-state index is 12.2. The fourth-order valence-electron chi connectivity index (χ4n) is 2.22. The van der Waals surface area contributed by atoms with Crippen LogP contribution in [0.25, 0.3) is 0 Å². The van der Waals surface area contributed by atoms with Gasteiger partial charge in [0.15, 0.2) is 0 Å². The molecule has 0 aromatic heterocycles. The number of carbonyl (C=O) groups is 3. The first-order valence-electron chi connectivity index (χ1n) is 8.08. The van der Waals surface area contributed by atoms with Crippen molar-refractivity contribution in [3.05, 3.63) is 28.8 Å². The number of anilines is 1. The summed E-state index contributed by atoms with van der Waals surface area (Å²) in [5.41, 5.74) is 0.0505. The van der Waals surface area contributed by atoms with Crippen molar-refractivity contribution >= 4 is 35.2 Å². The fourth-order valence-corrected chi connectivity index (χ4v) is 2.42. The number of carboxylic acids is 1. The van der Waals surface area contributed by atoms with E-state index < -0.39 is 17.5 Å². The van der Waals surface area contributed by atoms with Gasteiger partial charge in [-0.25, -0.2) is 4.79 Å².